The van der Waals surface area contributed by atoms with Crippen molar-refractivity contribution in [3.8, 4) is 23.0 Å². The Morgan fingerprint density at radius 2 is 2.00 bits per heavy atom. The molecule has 0 fully saturated rings. The van der Waals surface area contributed by atoms with Gasteiger partial charge in [-0.1, -0.05) is 21.1 Å². The Hall–Kier alpha value is -1.73. The molecule has 1 aromatic carbocycles. The van der Waals surface area contributed by atoms with Gasteiger partial charge < -0.3 is 10.3 Å². The fraction of sp³-hybridized carbons (Fsp3) is 0. The van der Waals surface area contributed by atoms with Crippen molar-refractivity contribution in [2.24, 2.45) is 0 Å². The molecule has 0 spiro atoms. The van der Waals surface area contributed by atoms with E-state index in [4.69, 9.17) is 10.3 Å². The van der Waals surface area contributed by atoms with Crippen LogP contribution in [0, 0.1) is 0 Å². The van der Waals surface area contributed by atoms with Gasteiger partial charge in [-0.2, -0.15) is 4.98 Å². The molecule has 3 rings (SSSR count). The van der Waals surface area contributed by atoms with Crippen molar-refractivity contribution in [2.75, 3.05) is 5.73 Å². The van der Waals surface area contributed by atoms with Gasteiger partial charge in [-0.25, -0.2) is 0 Å². The van der Waals surface area contributed by atoms with Crippen LogP contribution in [0.15, 0.2) is 50.0 Å². The van der Waals surface area contributed by atoms with E-state index in [1.807, 2.05) is 24.3 Å². The highest BCUT2D eigenvalue weighted by atomic mass is 79.9. The molecule has 0 bridgehead atoms. The predicted molar refractivity (Wildman–Crippen MR) is 82.8 cm³/mol. The lowest BCUT2D eigenvalue weighted by molar-refractivity contribution is 0.432. The number of nitrogens with zero attached hydrogens (tertiary/aromatic N) is 3. The van der Waals surface area contributed by atoms with Crippen LogP contribution in [0.5, 0.6) is 0 Å². The minimum atomic E-state index is 0.363. The molecular weight excluding hydrogens is 388 g/mol. The molecule has 0 unspecified atom stereocenters. The van der Waals surface area contributed by atoms with Gasteiger partial charge in [0, 0.05) is 20.8 Å². The first kappa shape index (κ1) is 13.3. The van der Waals surface area contributed by atoms with Gasteiger partial charge in [-0.3, -0.25) is 4.98 Å². The lowest BCUT2D eigenvalue weighted by atomic mass is 10.2. The van der Waals surface area contributed by atoms with E-state index in [1.165, 1.54) is 0 Å². The molecule has 0 aliphatic rings. The Bertz CT molecular complexity index is 773. The Balaban J connectivity index is 2.04. The summed E-state index contributed by atoms with van der Waals surface area (Å²) >= 11 is 6.76. The first-order chi connectivity index (χ1) is 9.65. The molecule has 0 amide bonds. The number of halogens is 2. The number of aromatic nitrogens is 3. The number of nitrogens with two attached hydrogens (primary N) is 1. The van der Waals surface area contributed by atoms with Crippen LogP contribution in [0.25, 0.3) is 23.0 Å². The van der Waals surface area contributed by atoms with E-state index in [9.17, 15) is 0 Å². The molecule has 0 radical (unpaired) electrons. The number of pyridine rings is 1. The summed E-state index contributed by atoms with van der Waals surface area (Å²) in [6.45, 7) is 0. The number of hydrogen-bond donors (Lipinski definition) is 1. The quantitative estimate of drug-likeness (QED) is 0.665. The summed E-state index contributed by atoms with van der Waals surface area (Å²) in [6.07, 6.45) is 1.67. The molecule has 0 aliphatic heterocycles. The lowest BCUT2D eigenvalue weighted by Gasteiger charge is -2.00. The van der Waals surface area contributed by atoms with E-state index >= 15 is 0 Å². The molecule has 0 aliphatic carbocycles. The Morgan fingerprint density at radius 3 is 2.75 bits per heavy atom. The van der Waals surface area contributed by atoms with E-state index < -0.39 is 0 Å². The van der Waals surface area contributed by atoms with Crippen molar-refractivity contribution >= 4 is 37.5 Å². The van der Waals surface area contributed by atoms with Crippen molar-refractivity contribution in [3.63, 3.8) is 0 Å². The molecule has 20 heavy (non-hydrogen) atoms. The second kappa shape index (κ2) is 5.34. The van der Waals surface area contributed by atoms with Gasteiger partial charge in [-0.05, 0) is 46.3 Å². The fourth-order valence-corrected chi connectivity index (χ4v) is 2.52. The van der Waals surface area contributed by atoms with E-state index in [-0.39, 0.29) is 0 Å². The van der Waals surface area contributed by atoms with Crippen LogP contribution in [0.1, 0.15) is 0 Å². The van der Waals surface area contributed by atoms with E-state index in [0.29, 0.717) is 28.7 Å². The molecule has 3 aromatic rings. The van der Waals surface area contributed by atoms with Gasteiger partial charge in [-0.15, -0.1) is 0 Å². The smallest absolute Gasteiger partial charge is 0.260 e. The van der Waals surface area contributed by atoms with Crippen LogP contribution >= 0.6 is 31.9 Å². The summed E-state index contributed by atoms with van der Waals surface area (Å²) < 4.78 is 6.96. The van der Waals surface area contributed by atoms with Crippen LogP contribution in [-0.4, -0.2) is 15.1 Å². The van der Waals surface area contributed by atoms with Crippen LogP contribution in [0.2, 0.25) is 0 Å². The maximum absolute atomic E-state index is 5.95. The third-order valence-electron chi connectivity index (χ3n) is 2.64. The Labute approximate surface area is 131 Å². The minimum Gasteiger partial charge on any atom is -0.398 e. The molecule has 5 nitrogen and oxygen atoms in total. The molecule has 100 valence electrons. The summed E-state index contributed by atoms with van der Waals surface area (Å²) in [6, 6.07) is 9.17. The normalized spacial score (nSPS) is 10.7. The average Bonchev–Trinajstić information content (AvgIpc) is 2.88. The lowest BCUT2D eigenvalue weighted by Crippen LogP contribution is -1.90. The highest BCUT2D eigenvalue weighted by molar-refractivity contribution is 9.10. The highest BCUT2D eigenvalue weighted by Gasteiger charge is 2.15. The highest BCUT2D eigenvalue weighted by Crippen LogP contribution is 2.30. The van der Waals surface area contributed by atoms with Gasteiger partial charge in [0.05, 0.1) is 5.56 Å². The molecular formula is C13H8Br2N4O. The van der Waals surface area contributed by atoms with Gasteiger partial charge in [0.25, 0.3) is 5.89 Å². The van der Waals surface area contributed by atoms with Crippen molar-refractivity contribution in [1.29, 1.82) is 0 Å². The SMILES string of the molecule is Nc1cc(Br)ccc1-c1nc(-c2ncccc2Br)no1. The Kier molecular flexibility index (Phi) is 3.54. The zero-order valence-corrected chi connectivity index (χ0v) is 13.2. The van der Waals surface area contributed by atoms with Gasteiger partial charge >= 0.3 is 0 Å². The van der Waals surface area contributed by atoms with Gasteiger partial charge in [0.15, 0.2) is 0 Å². The molecule has 2 N–H and O–H groups in total. The second-order valence-electron chi connectivity index (χ2n) is 3.99. The van der Waals surface area contributed by atoms with E-state index in [0.717, 1.165) is 8.95 Å². The predicted octanol–water partition coefficient (Wildman–Crippen LogP) is 3.91. The van der Waals surface area contributed by atoms with Crippen LogP contribution in [0.4, 0.5) is 5.69 Å². The number of anilines is 1. The maximum Gasteiger partial charge on any atom is 0.260 e. The van der Waals surface area contributed by atoms with Gasteiger partial charge in [0.2, 0.25) is 5.82 Å². The zero-order chi connectivity index (χ0) is 14.1. The summed E-state index contributed by atoms with van der Waals surface area (Å²) in [5, 5.41) is 3.94. The molecule has 0 saturated heterocycles. The Morgan fingerprint density at radius 1 is 1.15 bits per heavy atom. The average molecular weight is 396 g/mol. The van der Waals surface area contributed by atoms with Gasteiger partial charge in [0.1, 0.15) is 5.69 Å². The molecule has 2 aromatic heterocycles. The standard InChI is InChI=1S/C13H8Br2N4O/c14-7-3-4-8(10(16)6-7)13-18-12(19-20-13)11-9(15)2-1-5-17-11/h1-6H,16H2. The third kappa shape index (κ3) is 2.46. The summed E-state index contributed by atoms with van der Waals surface area (Å²) in [4.78, 5) is 8.56. The van der Waals surface area contributed by atoms with Crippen molar-refractivity contribution in [2.45, 2.75) is 0 Å². The minimum absolute atomic E-state index is 0.363. The zero-order valence-electron chi connectivity index (χ0n) is 10.0. The summed E-state index contributed by atoms with van der Waals surface area (Å²) in [5.41, 5.74) is 7.83. The van der Waals surface area contributed by atoms with Crippen molar-refractivity contribution in [1.82, 2.24) is 15.1 Å². The molecule has 2 heterocycles. The third-order valence-corrected chi connectivity index (χ3v) is 3.77. The van der Waals surface area contributed by atoms with E-state index in [1.54, 1.807) is 12.3 Å². The first-order valence-electron chi connectivity index (χ1n) is 5.65. The molecule has 0 saturated carbocycles. The summed E-state index contributed by atoms with van der Waals surface area (Å²) in [5.74, 6) is 0.775. The number of nitrogen functional groups attached to an aromatic ring is 1. The van der Waals surface area contributed by atoms with Crippen LogP contribution in [0.3, 0.4) is 0 Å². The second-order valence-corrected chi connectivity index (χ2v) is 5.76. The first-order valence-corrected chi connectivity index (χ1v) is 7.24. The molecule has 7 heteroatoms. The maximum atomic E-state index is 5.95. The number of hydrogen-bond acceptors (Lipinski definition) is 5. The van der Waals surface area contributed by atoms with Crippen molar-refractivity contribution in [3.05, 3.63) is 45.5 Å². The fourth-order valence-electron chi connectivity index (χ4n) is 1.71. The van der Waals surface area contributed by atoms with Crippen LogP contribution < -0.4 is 5.73 Å². The number of benzene rings is 1. The van der Waals surface area contributed by atoms with Crippen LogP contribution in [-0.2, 0) is 0 Å². The van der Waals surface area contributed by atoms with E-state index in [2.05, 4.69) is 47.0 Å². The largest absolute Gasteiger partial charge is 0.398 e. The van der Waals surface area contributed by atoms with Crippen molar-refractivity contribution < 1.29 is 4.52 Å². The topological polar surface area (TPSA) is 77.8 Å². The monoisotopic (exact) mass is 394 g/mol. The number of rotatable bonds is 2. The molecule has 0 atom stereocenters. The summed E-state index contributed by atoms with van der Waals surface area (Å²) in [7, 11) is 0.